The predicted molar refractivity (Wildman–Crippen MR) is 80.0 cm³/mol. The van der Waals surface area contributed by atoms with E-state index in [0.717, 1.165) is 53.8 Å². The number of hydrogen-bond donors (Lipinski definition) is 1. The van der Waals surface area contributed by atoms with Crippen LogP contribution in [-0.4, -0.2) is 30.6 Å². The molecule has 1 saturated heterocycles. The Morgan fingerprint density at radius 2 is 1.89 bits per heavy atom. The highest BCUT2D eigenvalue weighted by molar-refractivity contribution is 6.35. The summed E-state index contributed by atoms with van der Waals surface area (Å²) in [6.07, 6.45) is 2.32. The highest BCUT2D eigenvalue weighted by atomic mass is 35.5. The van der Waals surface area contributed by atoms with E-state index in [-0.39, 0.29) is 0 Å². The largest absolute Gasteiger partial charge is 0.381 e. The molecule has 4 heteroatoms. The van der Waals surface area contributed by atoms with Crippen LogP contribution in [0.25, 0.3) is 0 Å². The Labute approximate surface area is 119 Å². The molecule has 1 N–H and O–H groups in total. The number of hydrogen-bond acceptors (Lipinski definition) is 2. The summed E-state index contributed by atoms with van der Waals surface area (Å²) in [5, 5.41) is 5.05. The van der Waals surface area contributed by atoms with Gasteiger partial charge in [-0.2, -0.15) is 0 Å². The van der Waals surface area contributed by atoms with Crippen LogP contribution in [0.5, 0.6) is 0 Å². The average molecular weight is 287 g/mol. The minimum atomic E-state index is 0.504. The van der Waals surface area contributed by atoms with E-state index < -0.39 is 0 Å². The molecule has 1 aliphatic heterocycles. The second-order valence-electron chi connectivity index (χ2n) is 4.93. The van der Waals surface area contributed by atoms with Crippen molar-refractivity contribution in [3.63, 3.8) is 0 Å². The van der Waals surface area contributed by atoms with E-state index in [1.165, 1.54) is 0 Å². The van der Waals surface area contributed by atoms with Gasteiger partial charge in [0.1, 0.15) is 0 Å². The van der Waals surface area contributed by atoms with E-state index in [9.17, 15) is 0 Å². The van der Waals surface area contributed by atoms with Crippen LogP contribution in [0.15, 0.2) is 12.1 Å². The molecule has 0 aromatic heterocycles. The van der Waals surface area contributed by atoms with Crippen LogP contribution < -0.4 is 5.32 Å². The normalized spacial score (nSPS) is 18.0. The van der Waals surface area contributed by atoms with Crippen LogP contribution in [0.4, 0.5) is 5.69 Å². The van der Waals surface area contributed by atoms with Crippen molar-refractivity contribution in [1.82, 2.24) is 4.90 Å². The molecule has 0 radical (unpaired) electrons. The Balaban J connectivity index is 2.00. The molecule has 1 fully saturated rings. The van der Waals surface area contributed by atoms with Crippen molar-refractivity contribution >= 4 is 28.9 Å². The molecule has 1 aromatic rings. The summed E-state index contributed by atoms with van der Waals surface area (Å²) >= 11 is 12.4. The molecule has 2 nitrogen and oxygen atoms in total. The molecule has 0 bridgehead atoms. The zero-order valence-corrected chi connectivity index (χ0v) is 12.5. The number of benzene rings is 1. The molecular weight excluding hydrogens is 267 g/mol. The summed E-state index contributed by atoms with van der Waals surface area (Å²) in [6.45, 7) is 7.64. The van der Waals surface area contributed by atoms with Gasteiger partial charge in [-0.3, -0.25) is 0 Å². The van der Waals surface area contributed by atoms with Gasteiger partial charge in [0.15, 0.2) is 0 Å². The number of aryl methyl sites for hydroxylation is 1. The van der Waals surface area contributed by atoms with E-state index in [4.69, 9.17) is 23.2 Å². The first-order chi connectivity index (χ1) is 8.60. The van der Waals surface area contributed by atoms with Crippen molar-refractivity contribution in [1.29, 1.82) is 0 Å². The fourth-order valence-corrected chi connectivity index (χ4v) is 2.81. The van der Waals surface area contributed by atoms with Gasteiger partial charge in [0.2, 0.25) is 0 Å². The molecule has 0 aliphatic carbocycles. The van der Waals surface area contributed by atoms with Gasteiger partial charge in [0, 0.05) is 24.2 Å². The predicted octanol–water partition coefficient (Wildman–Crippen LogP) is 4.20. The van der Waals surface area contributed by atoms with Crippen molar-refractivity contribution in [2.75, 3.05) is 25.0 Å². The molecule has 0 amide bonds. The standard InChI is InChI=1S/C14H20Cl2N2/c1-3-18-6-4-11(5-7-18)17-14-9-12(15)10(2)8-13(14)16/h8-9,11,17H,3-7H2,1-2H3. The number of anilines is 1. The number of piperidine rings is 1. The van der Waals surface area contributed by atoms with Crippen LogP contribution >= 0.6 is 23.2 Å². The van der Waals surface area contributed by atoms with Crippen molar-refractivity contribution in [2.45, 2.75) is 32.7 Å². The maximum atomic E-state index is 6.25. The van der Waals surface area contributed by atoms with E-state index in [2.05, 4.69) is 17.1 Å². The summed E-state index contributed by atoms with van der Waals surface area (Å²) in [4.78, 5) is 2.47. The fraction of sp³-hybridized carbons (Fsp3) is 0.571. The molecular formula is C14H20Cl2N2. The molecule has 18 heavy (non-hydrogen) atoms. The fourth-order valence-electron chi connectivity index (χ4n) is 2.37. The van der Waals surface area contributed by atoms with Gasteiger partial charge < -0.3 is 10.2 Å². The average Bonchev–Trinajstić information content (AvgIpc) is 2.37. The molecule has 0 saturated carbocycles. The number of halogens is 2. The van der Waals surface area contributed by atoms with Crippen LogP contribution in [-0.2, 0) is 0 Å². The Morgan fingerprint density at radius 3 is 2.50 bits per heavy atom. The third-order valence-electron chi connectivity index (χ3n) is 3.64. The molecule has 0 spiro atoms. The smallest absolute Gasteiger partial charge is 0.0641 e. The van der Waals surface area contributed by atoms with E-state index in [0.29, 0.717) is 6.04 Å². The molecule has 0 atom stereocenters. The van der Waals surface area contributed by atoms with Gasteiger partial charge >= 0.3 is 0 Å². The van der Waals surface area contributed by atoms with Crippen LogP contribution in [0.1, 0.15) is 25.3 Å². The number of likely N-dealkylation sites (tertiary alicyclic amines) is 1. The summed E-state index contributed by atoms with van der Waals surface area (Å²) in [7, 11) is 0. The van der Waals surface area contributed by atoms with Crippen LogP contribution in [0.3, 0.4) is 0 Å². The van der Waals surface area contributed by atoms with Gasteiger partial charge in [0.05, 0.1) is 10.7 Å². The van der Waals surface area contributed by atoms with Crippen molar-refractivity contribution < 1.29 is 0 Å². The zero-order valence-electron chi connectivity index (χ0n) is 11.0. The summed E-state index contributed by atoms with van der Waals surface area (Å²) in [5.41, 5.74) is 1.98. The topological polar surface area (TPSA) is 15.3 Å². The van der Waals surface area contributed by atoms with Gasteiger partial charge in [-0.15, -0.1) is 0 Å². The number of rotatable bonds is 3. The first-order valence-corrected chi connectivity index (χ1v) is 7.30. The zero-order chi connectivity index (χ0) is 13.1. The first-order valence-electron chi connectivity index (χ1n) is 6.54. The quantitative estimate of drug-likeness (QED) is 0.896. The van der Waals surface area contributed by atoms with Crippen molar-refractivity contribution in [3.05, 3.63) is 27.7 Å². The second kappa shape index (κ2) is 6.14. The van der Waals surface area contributed by atoms with Crippen LogP contribution in [0.2, 0.25) is 10.0 Å². The Bertz CT molecular complexity index is 413. The molecule has 0 unspecified atom stereocenters. The summed E-state index contributed by atoms with van der Waals surface area (Å²) in [6, 6.07) is 4.36. The number of nitrogens with zero attached hydrogens (tertiary/aromatic N) is 1. The minimum Gasteiger partial charge on any atom is -0.381 e. The highest BCUT2D eigenvalue weighted by Gasteiger charge is 2.18. The lowest BCUT2D eigenvalue weighted by Crippen LogP contribution is -2.38. The van der Waals surface area contributed by atoms with Gasteiger partial charge in [-0.1, -0.05) is 30.1 Å². The first kappa shape index (κ1) is 14.0. The SMILES string of the molecule is CCN1CCC(Nc2cc(Cl)c(C)cc2Cl)CC1. The molecule has 1 aliphatic rings. The maximum Gasteiger partial charge on any atom is 0.0641 e. The monoisotopic (exact) mass is 286 g/mol. The van der Waals surface area contributed by atoms with Gasteiger partial charge in [0.25, 0.3) is 0 Å². The highest BCUT2D eigenvalue weighted by Crippen LogP contribution is 2.30. The molecule has 1 aromatic carbocycles. The Morgan fingerprint density at radius 1 is 1.22 bits per heavy atom. The van der Waals surface area contributed by atoms with Gasteiger partial charge in [-0.25, -0.2) is 0 Å². The van der Waals surface area contributed by atoms with E-state index in [1.54, 1.807) is 0 Å². The lowest BCUT2D eigenvalue weighted by atomic mass is 10.0. The van der Waals surface area contributed by atoms with Crippen molar-refractivity contribution in [3.8, 4) is 0 Å². The summed E-state index contributed by atoms with van der Waals surface area (Å²) in [5.74, 6) is 0. The van der Waals surface area contributed by atoms with Crippen LogP contribution in [0, 0.1) is 6.92 Å². The second-order valence-corrected chi connectivity index (χ2v) is 5.75. The van der Waals surface area contributed by atoms with E-state index in [1.807, 2.05) is 19.1 Å². The maximum absolute atomic E-state index is 6.25. The lowest BCUT2D eigenvalue weighted by Gasteiger charge is -2.32. The van der Waals surface area contributed by atoms with Gasteiger partial charge in [-0.05, 0) is 44.0 Å². The van der Waals surface area contributed by atoms with Crippen molar-refractivity contribution in [2.24, 2.45) is 0 Å². The third-order valence-corrected chi connectivity index (χ3v) is 4.36. The molecule has 2 rings (SSSR count). The Hall–Kier alpha value is -0.440. The van der Waals surface area contributed by atoms with E-state index >= 15 is 0 Å². The summed E-state index contributed by atoms with van der Waals surface area (Å²) < 4.78 is 0. The molecule has 100 valence electrons. The third kappa shape index (κ3) is 3.31. The number of nitrogens with one attached hydrogen (secondary N) is 1. The lowest BCUT2D eigenvalue weighted by molar-refractivity contribution is 0.229. The molecule has 1 heterocycles. The minimum absolute atomic E-state index is 0.504. The Kier molecular flexibility index (Phi) is 4.77.